The van der Waals surface area contributed by atoms with Crippen molar-refractivity contribution in [1.29, 1.82) is 0 Å². The van der Waals surface area contributed by atoms with Gasteiger partial charge < -0.3 is 19.5 Å². The molecule has 24 heavy (non-hydrogen) atoms. The van der Waals surface area contributed by atoms with E-state index in [0.717, 1.165) is 12.5 Å². The lowest BCUT2D eigenvalue weighted by atomic mass is 10.3. The smallest absolute Gasteiger partial charge is 0.193 e. The van der Waals surface area contributed by atoms with Crippen molar-refractivity contribution < 1.29 is 4.74 Å². The SMILES string of the molecule is CN=C(NCC(C)Oc1ccccc1Cl)N(C)Cc1cccn1C. The number of nitrogens with one attached hydrogen (secondary N) is 1. The molecule has 1 atom stereocenters. The first-order chi connectivity index (χ1) is 11.5. The van der Waals surface area contributed by atoms with Crippen molar-refractivity contribution in [1.82, 2.24) is 14.8 Å². The summed E-state index contributed by atoms with van der Waals surface area (Å²) in [6.45, 7) is 3.42. The molecule has 0 bridgehead atoms. The lowest BCUT2D eigenvalue weighted by Gasteiger charge is -2.24. The van der Waals surface area contributed by atoms with Gasteiger partial charge >= 0.3 is 0 Å². The van der Waals surface area contributed by atoms with Crippen molar-refractivity contribution in [3.8, 4) is 5.75 Å². The van der Waals surface area contributed by atoms with Crippen LogP contribution in [-0.2, 0) is 13.6 Å². The van der Waals surface area contributed by atoms with E-state index in [2.05, 4.69) is 25.8 Å². The van der Waals surface area contributed by atoms with Crippen molar-refractivity contribution in [2.75, 3.05) is 20.6 Å². The molecule has 6 heteroatoms. The molecule has 0 saturated carbocycles. The van der Waals surface area contributed by atoms with Crippen LogP contribution >= 0.6 is 11.6 Å². The van der Waals surface area contributed by atoms with Crippen molar-refractivity contribution in [3.63, 3.8) is 0 Å². The van der Waals surface area contributed by atoms with Crippen LogP contribution in [0.15, 0.2) is 47.6 Å². The summed E-state index contributed by atoms with van der Waals surface area (Å²) in [5, 5.41) is 3.96. The molecule has 0 saturated heterocycles. The Morgan fingerprint density at radius 1 is 1.33 bits per heavy atom. The quantitative estimate of drug-likeness (QED) is 0.644. The number of rotatable bonds is 6. The zero-order valence-electron chi connectivity index (χ0n) is 14.7. The lowest BCUT2D eigenvalue weighted by Crippen LogP contribution is -2.42. The summed E-state index contributed by atoms with van der Waals surface area (Å²) in [5.74, 6) is 1.52. The number of ether oxygens (including phenoxy) is 1. The van der Waals surface area contributed by atoms with E-state index in [-0.39, 0.29) is 6.10 Å². The topological polar surface area (TPSA) is 41.8 Å². The highest BCUT2D eigenvalue weighted by Crippen LogP contribution is 2.24. The average molecular weight is 349 g/mol. The summed E-state index contributed by atoms with van der Waals surface area (Å²) < 4.78 is 7.98. The van der Waals surface area contributed by atoms with Crippen molar-refractivity contribution in [3.05, 3.63) is 53.3 Å². The van der Waals surface area contributed by atoms with E-state index >= 15 is 0 Å². The van der Waals surface area contributed by atoms with Gasteiger partial charge in [0.05, 0.1) is 18.1 Å². The number of aromatic nitrogens is 1. The second kappa shape index (κ2) is 8.64. The normalized spacial score (nSPS) is 12.8. The summed E-state index contributed by atoms with van der Waals surface area (Å²) in [7, 11) is 5.84. The van der Waals surface area contributed by atoms with Gasteiger partial charge in [-0.25, -0.2) is 0 Å². The van der Waals surface area contributed by atoms with Gasteiger partial charge in [-0.1, -0.05) is 23.7 Å². The number of aryl methyl sites for hydroxylation is 1. The van der Waals surface area contributed by atoms with Gasteiger partial charge in [-0.3, -0.25) is 4.99 Å². The van der Waals surface area contributed by atoms with E-state index < -0.39 is 0 Å². The Bertz CT molecular complexity index is 683. The lowest BCUT2D eigenvalue weighted by molar-refractivity contribution is 0.222. The van der Waals surface area contributed by atoms with E-state index in [1.807, 2.05) is 57.5 Å². The first-order valence-corrected chi connectivity index (χ1v) is 8.32. The Hall–Kier alpha value is -2.14. The molecular formula is C18H25ClN4O. The zero-order valence-corrected chi connectivity index (χ0v) is 15.4. The fourth-order valence-corrected chi connectivity index (χ4v) is 2.58. The van der Waals surface area contributed by atoms with Crippen LogP contribution in [0.1, 0.15) is 12.6 Å². The molecule has 1 heterocycles. The number of aliphatic imine (C=N–C) groups is 1. The molecule has 130 valence electrons. The highest BCUT2D eigenvalue weighted by atomic mass is 35.5. The number of halogens is 1. The minimum absolute atomic E-state index is 0.0370. The Kier molecular flexibility index (Phi) is 6.55. The van der Waals surface area contributed by atoms with E-state index in [1.54, 1.807) is 7.05 Å². The van der Waals surface area contributed by atoms with Gasteiger partial charge in [0, 0.05) is 33.0 Å². The molecule has 0 radical (unpaired) electrons. The van der Waals surface area contributed by atoms with Crippen molar-refractivity contribution in [2.24, 2.45) is 12.0 Å². The van der Waals surface area contributed by atoms with Crippen LogP contribution in [0.4, 0.5) is 0 Å². The Balaban J connectivity index is 1.86. The fraction of sp³-hybridized carbons (Fsp3) is 0.389. The molecule has 0 fully saturated rings. The molecule has 5 nitrogen and oxygen atoms in total. The molecule has 0 aliphatic rings. The minimum atomic E-state index is -0.0370. The standard InChI is InChI=1S/C18H25ClN4O/c1-14(24-17-10-6-5-9-16(17)19)12-21-18(20-2)23(4)13-15-8-7-11-22(15)3/h5-11,14H,12-13H2,1-4H3,(H,20,21). The van der Waals surface area contributed by atoms with Crippen LogP contribution in [0.25, 0.3) is 0 Å². The molecule has 1 aromatic carbocycles. The van der Waals surface area contributed by atoms with E-state index in [1.165, 1.54) is 5.69 Å². The van der Waals surface area contributed by atoms with Gasteiger partial charge in [-0.15, -0.1) is 0 Å². The molecule has 0 aliphatic carbocycles. The van der Waals surface area contributed by atoms with E-state index in [4.69, 9.17) is 16.3 Å². The number of hydrogen-bond donors (Lipinski definition) is 1. The van der Waals surface area contributed by atoms with Crippen molar-refractivity contribution >= 4 is 17.6 Å². The number of hydrogen-bond acceptors (Lipinski definition) is 2. The highest BCUT2D eigenvalue weighted by molar-refractivity contribution is 6.32. The monoisotopic (exact) mass is 348 g/mol. The van der Waals surface area contributed by atoms with Crippen LogP contribution in [-0.4, -0.2) is 42.2 Å². The van der Waals surface area contributed by atoms with Crippen molar-refractivity contribution in [2.45, 2.75) is 19.6 Å². The first-order valence-electron chi connectivity index (χ1n) is 7.94. The molecule has 2 aromatic rings. The van der Waals surface area contributed by atoms with Crippen LogP contribution in [0.5, 0.6) is 5.75 Å². The number of guanidine groups is 1. The Morgan fingerprint density at radius 2 is 2.08 bits per heavy atom. The predicted octanol–water partition coefficient (Wildman–Crippen LogP) is 3.15. The molecule has 0 aliphatic heterocycles. The largest absolute Gasteiger partial charge is 0.487 e. The summed E-state index contributed by atoms with van der Waals surface area (Å²) >= 11 is 6.12. The molecule has 1 unspecified atom stereocenters. The predicted molar refractivity (Wildman–Crippen MR) is 99.8 cm³/mol. The third kappa shape index (κ3) is 4.93. The zero-order chi connectivity index (χ0) is 17.5. The molecule has 0 amide bonds. The van der Waals surface area contributed by atoms with Gasteiger partial charge in [0.15, 0.2) is 5.96 Å². The maximum absolute atomic E-state index is 6.12. The second-order valence-corrected chi connectivity index (χ2v) is 6.16. The molecule has 1 N–H and O–H groups in total. The minimum Gasteiger partial charge on any atom is -0.487 e. The van der Waals surface area contributed by atoms with Gasteiger partial charge in [0.2, 0.25) is 0 Å². The third-order valence-corrected chi connectivity index (χ3v) is 4.05. The van der Waals surface area contributed by atoms with Gasteiger partial charge in [-0.05, 0) is 31.2 Å². The number of benzene rings is 1. The van der Waals surface area contributed by atoms with Gasteiger partial charge in [-0.2, -0.15) is 0 Å². The molecule has 1 aromatic heterocycles. The van der Waals surface area contributed by atoms with E-state index in [0.29, 0.717) is 17.3 Å². The van der Waals surface area contributed by atoms with Crippen LogP contribution in [0.3, 0.4) is 0 Å². The first kappa shape index (κ1) is 18.2. The maximum Gasteiger partial charge on any atom is 0.193 e. The number of nitrogens with zero attached hydrogens (tertiary/aromatic N) is 3. The fourth-order valence-electron chi connectivity index (χ4n) is 2.40. The Labute approximate surface area is 148 Å². The summed E-state index contributed by atoms with van der Waals surface area (Å²) in [6, 6.07) is 11.6. The van der Waals surface area contributed by atoms with E-state index in [9.17, 15) is 0 Å². The third-order valence-electron chi connectivity index (χ3n) is 3.74. The van der Waals surface area contributed by atoms with Crippen LogP contribution in [0, 0.1) is 0 Å². The summed E-state index contributed by atoms with van der Waals surface area (Å²) in [6.07, 6.45) is 2.00. The van der Waals surface area contributed by atoms with Crippen LogP contribution < -0.4 is 10.1 Å². The number of para-hydroxylation sites is 1. The second-order valence-electron chi connectivity index (χ2n) is 5.75. The molecular weight excluding hydrogens is 324 g/mol. The van der Waals surface area contributed by atoms with Crippen LogP contribution in [0.2, 0.25) is 5.02 Å². The summed E-state index contributed by atoms with van der Waals surface area (Å²) in [5.41, 5.74) is 1.22. The van der Waals surface area contributed by atoms with Gasteiger partial charge in [0.25, 0.3) is 0 Å². The Morgan fingerprint density at radius 3 is 2.71 bits per heavy atom. The maximum atomic E-state index is 6.12. The highest BCUT2D eigenvalue weighted by Gasteiger charge is 2.11. The average Bonchev–Trinajstić information content (AvgIpc) is 2.95. The molecule has 2 rings (SSSR count). The molecule has 0 spiro atoms. The summed E-state index contributed by atoms with van der Waals surface area (Å²) in [4.78, 5) is 6.42. The van der Waals surface area contributed by atoms with Gasteiger partial charge in [0.1, 0.15) is 11.9 Å².